The Hall–Kier alpha value is -3.42. The van der Waals surface area contributed by atoms with Gasteiger partial charge in [-0.05, 0) is 141 Å². The summed E-state index contributed by atoms with van der Waals surface area (Å²) in [5, 5.41) is 0. The third-order valence-corrected chi connectivity index (χ3v) is 15.9. The first-order chi connectivity index (χ1) is 24.8. The second-order valence-electron chi connectivity index (χ2n) is 18.8. The van der Waals surface area contributed by atoms with E-state index < -0.39 is 17.9 Å². The lowest BCUT2D eigenvalue weighted by molar-refractivity contribution is -0.251. The second-order valence-corrected chi connectivity index (χ2v) is 18.8. The molecule has 0 aromatic heterocycles. The third-order valence-electron chi connectivity index (χ3n) is 15.9. The Morgan fingerprint density at radius 1 is 0.755 bits per heavy atom. The maximum absolute atomic E-state index is 13.3. The van der Waals surface area contributed by atoms with Crippen molar-refractivity contribution in [2.45, 2.75) is 133 Å². The molecule has 8 heteroatoms. The Morgan fingerprint density at radius 3 is 2.11 bits per heavy atom. The molecule has 0 radical (unpaired) electrons. The number of ether oxygens (including phenoxy) is 4. The van der Waals surface area contributed by atoms with Crippen molar-refractivity contribution in [1.82, 2.24) is 0 Å². The summed E-state index contributed by atoms with van der Waals surface area (Å²) >= 11 is 0. The first-order valence-corrected chi connectivity index (χ1v) is 20.0. The van der Waals surface area contributed by atoms with Crippen molar-refractivity contribution in [3.05, 3.63) is 42.0 Å². The number of rotatable bonds is 8. The van der Waals surface area contributed by atoms with Crippen LogP contribution >= 0.6 is 0 Å². The fourth-order valence-electron chi connectivity index (χ4n) is 13.4. The van der Waals surface area contributed by atoms with E-state index in [4.69, 9.17) is 18.9 Å². The van der Waals surface area contributed by atoms with Crippen molar-refractivity contribution in [1.29, 1.82) is 0 Å². The van der Waals surface area contributed by atoms with Gasteiger partial charge in [-0.15, -0.1) is 0 Å². The molecule has 0 aliphatic heterocycles. The van der Waals surface area contributed by atoms with Gasteiger partial charge in [0.25, 0.3) is 0 Å². The quantitative estimate of drug-likeness (QED) is 0.113. The molecule has 0 bridgehead atoms. The zero-order chi connectivity index (χ0) is 38.7. The van der Waals surface area contributed by atoms with E-state index in [1.165, 1.54) is 51.2 Å². The number of allylic oxidation sites excluding steroid dienone is 1. The highest BCUT2D eigenvalue weighted by atomic mass is 16.6. The van der Waals surface area contributed by atoms with E-state index in [2.05, 4.69) is 48.1 Å². The minimum Gasteiger partial charge on any atom is -0.465 e. The summed E-state index contributed by atoms with van der Waals surface area (Å²) in [6.07, 6.45) is 14.0. The van der Waals surface area contributed by atoms with Gasteiger partial charge in [-0.3, -0.25) is 14.4 Å². The first-order valence-electron chi connectivity index (χ1n) is 20.0. The number of hydrogen-bond acceptors (Lipinski definition) is 8. The van der Waals surface area contributed by atoms with Crippen molar-refractivity contribution in [3.63, 3.8) is 0 Å². The van der Waals surface area contributed by atoms with Crippen LogP contribution in [-0.4, -0.2) is 36.6 Å². The van der Waals surface area contributed by atoms with Crippen LogP contribution in [0.2, 0.25) is 0 Å². The fraction of sp³-hybridized carbons (Fsp3) is 0.689. The van der Waals surface area contributed by atoms with Gasteiger partial charge in [-0.1, -0.05) is 52.8 Å². The molecule has 0 spiro atoms. The molecule has 10 atom stereocenters. The lowest BCUT2D eigenvalue weighted by Gasteiger charge is -2.73. The molecular formula is C45H62O8. The van der Waals surface area contributed by atoms with Crippen molar-refractivity contribution in [2.24, 2.45) is 56.7 Å². The van der Waals surface area contributed by atoms with Crippen molar-refractivity contribution in [2.75, 3.05) is 6.61 Å². The van der Waals surface area contributed by atoms with Crippen molar-refractivity contribution in [3.8, 4) is 11.5 Å². The normalized spacial score (nSPS) is 38.4. The molecule has 0 unspecified atom stereocenters. The summed E-state index contributed by atoms with van der Waals surface area (Å²) in [5.74, 6) is 1.17. The van der Waals surface area contributed by atoms with Gasteiger partial charge in [0.15, 0.2) is 11.5 Å². The number of benzene rings is 1. The minimum absolute atomic E-state index is 0.0557. The molecule has 5 aliphatic rings. The maximum Gasteiger partial charge on any atom is 0.331 e. The molecule has 0 N–H and O–H groups in total. The number of fused-ring (bicyclic) bond motifs is 7. The van der Waals surface area contributed by atoms with Crippen LogP contribution in [0.3, 0.4) is 0 Å². The standard InChI is InChI=1S/C45H62O8/c1-27(2)32-17-22-45(26-50-28(3)46)24-23-43(9)33(40(32)45)13-15-37-42(8)20-19-38(41(6,7)36(42)18-21-44(37,43)10)53-39(49)16-12-31-11-14-34(51-29(4)47)35(25-31)52-30(5)48/h11-12,14,16,25,32-33,36-38,40H,1,13,15,17-24,26H2,2-10H3/t32-,33-,36-,37-,38+,40+,42+,43+,44-,45-/m1/s1. The summed E-state index contributed by atoms with van der Waals surface area (Å²) < 4.78 is 22.5. The molecule has 0 heterocycles. The molecule has 1 aromatic rings. The lowest BCUT2D eigenvalue weighted by Crippen LogP contribution is -2.67. The summed E-state index contributed by atoms with van der Waals surface area (Å²) in [4.78, 5) is 48.6. The van der Waals surface area contributed by atoms with Crippen LogP contribution in [0.25, 0.3) is 6.08 Å². The Morgan fingerprint density at radius 2 is 1.45 bits per heavy atom. The van der Waals surface area contributed by atoms with Crippen LogP contribution < -0.4 is 9.47 Å². The Bertz CT molecular complexity index is 1690. The Labute approximate surface area is 316 Å². The molecule has 6 rings (SSSR count). The van der Waals surface area contributed by atoms with Gasteiger partial charge in [0.05, 0.1) is 6.61 Å². The van der Waals surface area contributed by atoms with Gasteiger partial charge in [0, 0.05) is 37.7 Å². The zero-order valence-corrected chi connectivity index (χ0v) is 33.6. The number of esters is 4. The molecule has 0 saturated heterocycles. The van der Waals surface area contributed by atoms with E-state index in [9.17, 15) is 19.2 Å². The summed E-state index contributed by atoms with van der Waals surface area (Å²) in [6, 6.07) is 4.79. The van der Waals surface area contributed by atoms with E-state index in [0.717, 1.165) is 38.5 Å². The molecule has 5 saturated carbocycles. The molecule has 5 fully saturated rings. The summed E-state index contributed by atoms with van der Waals surface area (Å²) in [6.45, 7) is 23.8. The topological polar surface area (TPSA) is 105 Å². The minimum atomic E-state index is -0.544. The average molecular weight is 731 g/mol. The van der Waals surface area contributed by atoms with E-state index >= 15 is 0 Å². The van der Waals surface area contributed by atoms with E-state index in [-0.39, 0.29) is 50.6 Å². The molecule has 1 aromatic carbocycles. The average Bonchev–Trinajstić information content (AvgIpc) is 3.45. The predicted octanol–water partition coefficient (Wildman–Crippen LogP) is 9.68. The van der Waals surface area contributed by atoms with Crippen molar-refractivity contribution >= 4 is 30.0 Å². The van der Waals surface area contributed by atoms with Gasteiger partial charge in [0.1, 0.15) is 6.10 Å². The van der Waals surface area contributed by atoms with Gasteiger partial charge in [-0.25, -0.2) is 4.79 Å². The molecule has 5 aliphatic carbocycles. The van der Waals surface area contributed by atoms with Gasteiger partial charge in [0.2, 0.25) is 0 Å². The van der Waals surface area contributed by atoms with Crippen LogP contribution in [-0.2, 0) is 28.7 Å². The van der Waals surface area contributed by atoms with Gasteiger partial charge in [-0.2, -0.15) is 0 Å². The molecule has 53 heavy (non-hydrogen) atoms. The Kier molecular flexibility index (Phi) is 10.4. The van der Waals surface area contributed by atoms with Crippen LogP contribution in [0.4, 0.5) is 0 Å². The largest absolute Gasteiger partial charge is 0.465 e. The van der Waals surface area contributed by atoms with Crippen LogP contribution in [0.1, 0.15) is 132 Å². The van der Waals surface area contributed by atoms with Gasteiger partial charge >= 0.3 is 23.9 Å². The lowest BCUT2D eigenvalue weighted by atomic mass is 9.32. The highest BCUT2D eigenvalue weighted by Crippen LogP contribution is 2.77. The highest BCUT2D eigenvalue weighted by Gasteiger charge is 2.71. The summed E-state index contributed by atoms with van der Waals surface area (Å²) in [5.41, 5.74) is 2.27. The number of hydrogen-bond donors (Lipinski definition) is 0. The van der Waals surface area contributed by atoms with Crippen molar-refractivity contribution < 1.29 is 38.1 Å². The Balaban J connectivity index is 1.19. The van der Waals surface area contributed by atoms with Crippen LogP contribution in [0, 0.1) is 56.7 Å². The van der Waals surface area contributed by atoms with E-state index in [1.807, 2.05) is 0 Å². The fourth-order valence-corrected chi connectivity index (χ4v) is 13.4. The number of carbonyl (C=O) groups excluding carboxylic acids is 4. The molecule has 290 valence electrons. The van der Waals surface area contributed by atoms with Crippen LogP contribution in [0.15, 0.2) is 36.4 Å². The smallest absolute Gasteiger partial charge is 0.331 e. The highest BCUT2D eigenvalue weighted by molar-refractivity contribution is 5.87. The van der Waals surface area contributed by atoms with Crippen LogP contribution in [0.5, 0.6) is 11.5 Å². The number of carbonyl (C=O) groups is 4. The third kappa shape index (κ3) is 6.68. The first kappa shape index (κ1) is 39.3. The second kappa shape index (κ2) is 14.0. The van der Waals surface area contributed by atoms with E-state index in [1.54, 1.807) is 31.2 Å². The molecule has 8 nitrogen and oxygen atoms in total. The monoisotopic (exact) mass is 730 g/mol. The van der Waals surface area contributed by atoms with Gasteiger partial charge < -0.3 is 18.9 Å². The molecular weight excluding hydrogens is 668 g/mol. The zero-order valence-electron chi connectivity index (χ0n) is 33.6. The SMILES string of the molecule is C=C(C)[C@H]1CC[C@]2(COC(C)=O)CC[C@@]3(C)[C@H](CC[C@@H]4[C@@]5(C)CC[C@H](OC(=O)C=Cc6ccc(OC(C)=O)c(OC(C)=O)c6)C(C)(C)[C@H]5CC[C@]43C)[C@H]12. The van der Waals surface area contributed by atoms with E-state index in [0.29, 0.717) is 41.8 Å². The molecule has 0 amide bonds. The summed E-state index contributed by atoms with van der Waals surface area (Å²) in [7, 11) is 0. The maximum atomic E-state index is 13.3. The predicted molar refractivity (Wildman–Crippen MR) is 204 cm³/mol.